The maximum absolute atomic E-state index is 12.9. The number of amides is 1. The predicted molar refractivity (Wildman–Crippen MR) is 101 cm³/mol. The van der Waals surface area contributed by atoms with Crippen LogP contribution in [0.5, 0.6) is 0 Å². The van der Waals surface area contributed by atoms with Crippen molar-refractivity contribution >= 4 is 11.9 Å². The highest BCUT2D eigenvalue weighted by Gasteiger charge is 2.38. The Morgan fingerprint density at radius 1 is 1.30 bits per heavy atom. The van der Waals surface area contributed by atoms with E-state index >= 15 is 0 Å². The van der Waals surface area contributed by atoms with Gasteiger partial charge in [-0.15, -0.1) is 0 Å². The molecule has 1 aromatic heterocycles. The van der Waals surface area contributed by atoms with Crippen molar-refractivity contribution in [3.8, 4) is 11.3 Å². The number of carbonyl (C=O) groups excluding carboxylic acids is 1. The Morgan fingerprint density at radius 2 is 2.07 bits per heavy atom. The zero-order chi connectivity index (χ0) is 19.2. The molecular formula is C21H26N2O4. The Bertz CT molecular complexity index is 771. The topological polar surface area (TPSA) is 83.6 Å². The second kappa shape index (κ2) is 8.84. The third kappa shape index (κ3) is 4.38. The largest absolute Gasteiger partial charge is 0.481 e. The molecule has 0 aliphatic carbocycles. The molecule has 2 aromatic rings. The van der Waals surface area contributed by atoms with Crippen molar-refractivity contribution in [3.63, 3.8) is 0 Å². The highest BCUT2D eigenvalue weighted by Crippen LogP contribution is 2.35. The summed E-state index contributed by atoms with van der Waals surface area (Å²) in [5, 5.41) is 9.53. The normalized spacial score (nSPS) is 17.8. The van der Waals surface area contributed by atoms with E-state index in [1.165, 1.54) is 0 Å². The van der Waals surface area contributed by atoms with Gasteiger partial charge in [-0.05, 0) is 19.3 Å². The molecule has 2 atom stereocenters. The second-order valence-electron chi connectivity index (χ2n) is 7.01. The summed E-state index contributed by atoms with van der Waals surface area (Å²) < 4.78 is 5.92. The zero-order valence-corrected chi connectivity index (χ0v) is 15.6. The third-order valence-electron chi connectivity index (χ3n) is 5.10. The number of aliphatic carboxylic acids is 1. The molecule has 6 heteroatoms. The number of nitrogens with zero attached hydrogens (tertiary/aromatic N) is 2. The van der Waals surface area contributed by atoms with E-state index in [1.807, 2.05) is 30.3 Å². The van der Waals surface area contributed by atoms with E-state index < -0.39 is 11.9 Å². The van der Waals surface area contributed by atoms with Gasteiger partial charge in [0.15, 0.2) is 5.76 Å². The summed E-state index contributed by atoms with van der Waals surface area (Å²) in [7, 11) is 0. The van der Waals surface area contributed by atoms with Crippen molar-refractivity contribution in [1.29, 1.82) is 0 Å². The first kappa shape index (κ1) is 19.1. The van der Waals surface area contributed by atoms with Gasteiger partial charge >= 0.3 is 5.97 Å². The molecule has 1 aliphatic heterocycles. The van der Waals surface area contributed by atoms with Crippen LogP contribution in [0.15, 0.2) is 40.9 Å². The van der Waals surface area contributed by atoms with Gasteiger partial charge in [0, 0.05) is 12.1 Å². The Morgan fingerprint density at radius 3 is 2.78 bits per heavy atom. The summed E-state index contributed by atoms with van der Waals surface area (Å²) in [6.45, 7) is 2.60. The second-order valence-corrected chi connectivity index (χ2v) is 7.01. The number of carbonyl (C=O) groups is 2. The molecule has 1 amide bonds. The Labute approximate surface area is 159 Å². The van der Waals surface area contributed by atoms with Crippen LogP contribution < -0.4 is 0 Å². The molecular weight excluding hydrogens is 344 g/mol. The molecule has 27 heavy (non-hydrogen) atoms. The lowest BCUT2D eigenvalue weighted by atomic mass is 9.99. The minimum Gasteiger partial charge on any atom is -0.481 e. The fourth-order valence-corrected chi connectivity index (χ4v) is 3.62. The van der Waals surface area contributed by atoms with E-state index in [-0.39, 0.29) is 11.9 Å². The number of carboxylic acids is 1. The van der Waals surface area contributed by atoms with Crippen molar-refractivity contribution in [2.45, 2.75) is 51.5 Å². The van der Waals surface area contributed by atoms with Crippen LogP contribution in [-0.4, -0.2) is 33.4 Å². The molecule has 0 spiro atoms. The van der Waals surface area contributed by atoms with E-state index in [0.29, 0.717) is 24.6 Å². The summed E-state index contributed by atoms with van der Waals surface area (Å²) >= 11 is 0. The van der Waals surface area contributed by atoms with Crippen LogP contribution in [-0.2, 0) is 9.59 Å². The summed E-state index contributed by atoms with van der Waals surface area (Å²) in [5.41, 5.74) is 0.926. The van der Waals surface area contributed by atoms with Crippen LogP contribution in [0.3, 0.4) is 0 Å². The van der Waals surface area contributed by atoms with Gasteiger partial charge in [-0.25, -0.2) is 4.98 Å². The number of carboxylic acid groups (broad SMARTS) is 1. The lowest BCUT2D eigenvalue weighted by molar-refractivity contribution is -0.152. The molecule has 2 heterocycles. The SMILES string of the molecule is CCCCC[C@H](C(=O)O)C(=O)N1CCCC1c1ncc(-c2ccccc2)o1. The first-order valence-electron chi connectivity index (χ1n) is 9.66. The molecule has 144 valence electrons. The third-order valence-corrected chi connectivity index (χ3v) is 5.10. The van der Waals surface area contributed by atoms with Gasteiger partial charge in [0.25, 0.3) is 0 Å². The number of hydrogen-bond acceptors (Lipinski definition) is 4. The van der Waals surface area contributed by atoms with E-state index in [4.69, 9.17) is 4.42 Å². The number of unbranched alkanes of at least 4 members (excludes halogenated alkanes) is 2. The van der Waals surface area contributed by atoms with Crippen LogP contribution in [0.1, 0.15) is 57.4 Å². The van der Waals surface area contributed by atoms with Crippen molar-refractivity contribution in [2.75, 3.05) is 6.54 Å². The Hall–Kier alpha value is -2.63. The maximum atomic E-state index is 12.9. The minimum atomic E-state index is -1.04. The van der Waals surface area contributed by atoms with E-state index in [2.05, 4.69) is 11.9 Å². The molecule has 1 fully saturated rings. The molecule has 1 aromatic carbocycles. The van der Waals surface area contributed by atoms with Crippen LogP contribution >= 0.6 is 0 Å². The highest BCUT2D eigenvalue weighted by atomic mass is 16.4. The molecule has 0 saturated carbocycles. The summed E-state index contributed by atoms with van der Waals surface area (Å²) in [6, 6.07) is 9.38. The molecule has 6 nitrogen and oxygen atoms in total. The quantitative estimate of drug-likeness (QED) is 0.554. The van der Waals surface area contributed by atoms with Crippen LogP contribution in [0.4, 0.5) is 0 Å². The average Bonchev–Trinajstić information content (AvgIpc) is 3.34. The monoisotopic (exact) mass is 370 g/mol. The highest BCUT2D eigenvalue weighted by molar-refractivity contribution is 5.97. The lowest BCUT2D eigenvalue weighted by Crippen LogP contribution is -2.39. The summed E-state index contributed by atoms with van der Waals surface area (Å²) in [6.07, 6.45) is 6.27. The molecule has 1 N–H and O–H groups in total. The fourth-order valence-electron chi connectivity index (χ4n) is 3.62. The first-order valence-corrected chi connectivity index (χ1v) is 9.66. The van der Waals surface area contributed by atoms with Crippen molar-refractivity contribution in [1.82, 2.24) is 9.88 Å². The van der Waals surface area contributed by atoms with E-state index in [9.17, 15) is 14.7 Å². The molecule has 0 bridgehead atoms. The smallest absolute Gasteiger partial charge is 0.316 e. The number of benzene rings is 1. The summed E-state index contributed by atoms with van der Waals surface area (Å²) in [5.74, 6) is -1.21. The van der Waals surface area contributed by atoms with Crippen LogP contribution in [0, 0.1) is 5.92 Å². The molecule has 0 radical (unpaired) electrons. The molecule has 1 saturated heterocycles. The zero-order valence-electron chi connectivity index (χ0n) is 15.6. The Balaban J connectivity index is 1.75. The van der Waals surface area contributed by atoms with Crippen molar-refractivity contribution in [3.05, 3.63) is 42.4 Å². The van der Waals surface area contributed by atoms with Gasteiger partial charge in [0.05, 0.1) is 6.20 Å². The predicted octanol–water partition coefficient (Wildman–Crippen LogP) is 4.29. The molecule has 1 aliphatic rings. The van der Waals surface area contributed by atoms with E-state index in [1.54, 1.807) is 11.1 Å². The summed E-state index contributed by atoms with van der Waals surface area (Å²) in [4.78, 5) is 30.6. The van der Waals surface area contributed by atoms with Crippen LogP contribution in [0.25, 0.3) is 11.3 Å². The molecule has 1 unspecified atom stereocenters. The van der Waals surface area contributed by atoms with Crippen molar-refractivity contribution in [2.24, 2.45) is 5.92 Å². The van der Waals surface area contributed by atoms with Gasteiger partial charge in [0.2, 0.25) is 11.8 Å². The van der Waals surface area contributed by atoms with Gasteiger partial charge < -0.3 is 14.4 Å². The standard InChI is InChI=1S/C21H26N2O4/c1-2-3-5-11-16(21(25)26)20(24)23-13-8-12-17(23)19-22-14-18(27-19)15-9-6-4-7-10-15/h4,6-7,9-10,14,16-17H,2-3,5,8,11-13H2,1H3,(H,25,26)/t16-,17?/m0/s1. The minimum absolute atomic E-state index is 0.289. The van der Waals surface area contributed by atoms with E-state index in [0.717, 1.165) is 37.7 Å². The first-order chi connectivity index (χ1) is 13.1. The Kier molecular flexibility index (Phi) is 6.27. The van der Waals surface area contributed by atoms with Gasteiger partial charge in [0.1, 0.15) is 12.0 Å². The van der Waals surface area contributed by atoms with Crippen molar-refractivity contribution < 1.29 is 19.1 Å². The number of aromatic nitrogens is 1. The number of hydrogen-bond donors (Lipinski definition) is 1. The maximum Gasteiger partial charge on any atom is 0.316 e. The number of likely N-dealkylation sites (tertiary alicyclic amines) is 1. The van der Waals surface area contributed by atoms with Gasteiger partial charge in [-0.1, -0.05) is 56.5 Å². The van der Waals surface area contributed by atoms with Gasteiger partial charge in [-0.3, -0.25) is 9.59 Å². The van der Waals surface area contributed by atoms with Gasteiger partial charge in [-0.2, -0.15) is 0 Å². The number of rotatable bonds is 8. The molecule has 3 rings (SSSR count). The van der Waals surface area contributed by atoms with Crippen LogP contribution in [0.2, 0.25) is 0 Å². The lowest BCUT2D eigenvalue weighted by Gasteiger charge is -2.25. The average molecular weight is 370 g/mol. The fraction of sp³-hybridized carbons (Fsp3) is 0.476. The number of oxazole rings is 1.